The van der Waals surface area contributed by atoms with E-state index in [1.54, 1.807) is 0 Å². The molecule has 3 nitrogen and oxygen atoms in total. The minimum atomic E-state index is -2.87. The van der Waals surface area contributed by atoms with E-state index in [9.17, 15) is 4.57 Å². The van der Waals surface area contributed by atoms with Crippen LogP contribution in [0.5, 0.6) is 0 Å². The lowest BCUT2D eigenvalue weighted by Gasteiger charge is -2.18. The first-order valence-corrected chi connectivity index (χ1v) is 12.3. The Kier molecular flexibility index (Phi) is 18.1. The predicted octanol–water partition coefficient (Wildman–Crippen LogP) is 7.73. The lowest BCUT2D eigenvalue weighted by Crippen LogP contribution is -2.03. The molecule has 0 N–H and O–H groups in total. The second-order valence-corrected chi connectivity index (χ2v) is 9.08. The molecule has 0 fully saturated rings. The molecule has 0 bridgehead atoms. The van der Waals surface area contributed by atoms with Crippen molar-refractivity contribution < 1.29 is 13.6 Å². The molecule has 0 aromatic heterocycles. The van der Waals surface area contributed by atoms with Crippen LogP contribution in [0, 0.1) is 0 Å². The third kappa shape index (κ3) is 15.7. The van der Waals surface area contributed by atoms with Crippen molar-refractivity contribution in [3.05, 3.63) is 0 Å². The van der Waals surface area contributed by atoms with Gasteiger partial charge in [0.2, 0.25) is 0 Å². The average molecular weight is 363 g/mol. The smallest absolute Gasteiger partial charge is 0.309 e. The van der Waals surface area contributed by atoms with Gasteiger partial charge in [0.25, 0.3) is 0 Å². The highest BCUT2D eigenvalue weighted by molar-refractivity contribution is 7.53. The van der Waals surface area contributed by atoms with Crippen LogP contribution < -0.4 is 0 Å². The third-order valence-electron chi connectivity index (χ3n) is 4.36. The maximum atomic E-state index is 12.9. The molecule has 1 atom stereocenters. The van der Waals surface area contributed by atoms with Crippen LogP contribution >= 0.6 is 7.60 Å². The van der Waals surface area contributed by atoms with Crippen LogP contribution in [-0.4, -0.2) is 19.4 Å². The van der Waals surface area contributed by atoms with Crippen LogP contribution in [0.25, 0.3) is 0 Å². The molecule has 0 spiro atoms. The Bertz CT molecular complexity index is 295. The number of unbranched alkanes of at least 4 members (excludes halogenated alkanes) is 11. The molecule has 0 aliphatic carbocycles. The zero-order valence-corrected chi connectivity index (χ0v) is 17.6. The van der Waals surface area contributed by atoms with Crippen molar-refractivity contribution in [2.24, 2.45) is 0 Å². The van der Waals surface area contributed by atoms with E-state index in [-0.39, 0.29) is 0 Å². The topological polar surface area (TPSA) is 35.5 Å². The van der Waals surface area contributed by atoms with E-state index in [4.69, 9.17) is 9.05 Å². The molecule has 1 unspecified atom stereocenters. The summed E-state index contributed by atoms with van der Waals surface area (Å²) in [4.78, 5) is 0. The van der Waals surface area contributed by atoms with Gasteiger partial charge in [-0.2, -0.15) is 0 Å². The summed E-state index contributed by atoms with van der Waals surface area (Å²) < 4.78 is 24.3. The van der Waals surface area contributed by atoms with Crippen molar-refractivity contribution in [2.75, 3.05) is 19.4 Å². The van der Waals surface area contributed by atoms with Gasteiger partial charge in [-0.3, -0.25) is 4.57 Å². The van der Waals surface area contributed by atoms with E-state index in [0.29, 0.717) is 19.4 Å². The van der Waals surface area contributed by atoms with Gasteiger partial charge in [-0.15, -0.1) is 0 Å². The van der Waals surface area contributed by atoms with Gasteiger partial charge in [-0.25, -0.2) is 0 Å². The van der Waals surface area contributed by atoms with Crippen molar-refractivity contribution in [3.8, 4) is 0 Å². The zero-order chi connectivity index (χ0) is 17.9. The van der Waals surface area contributed by atoms with Gasteiger partial charge in [0.1, 0.15) is 0 Å². The summed E-state index contributed by atoms with van der Waals surface area (Å²) in [5.41, 5.74) is 0. The monoisotopic (exact) mass is 362 g/mol. The molecule has 0 heterocycles. The first kappa shape index (κ1) is 24.1. The summed E-state index contributed by atoms with van der Waals surface area (Å²) >= 11 is 0. The molecule has 0 amide bonds. The highest BCUT2D eigenvalue weighted by Gasteiger charge is 2.23. The molecule has 0 saturated heterocycles. The van der Waals surface area contributed by atoms with Gasteiger partial charge >= 0.3 is 7.60 Å². The summed E-state index contributed by atoms with van der Waals surface area (Å²) in [5.74, 6) is 0. The van der Waals surface area contributed by atoms with Gasteiger partial charge in [0.15, 0.2) is 0 Å². The third-order valence-corrected chi connectivity index (χ3v) is 6.37. The fraction of sp³-hybridized carbons (Fsp3) is 1.00. The Labute approximate surface area is 151 Å². The average Bonchev–Trinajstić information content (AvgIpc) is 2.57. The molecule has 0 radical (unpaired) electrons. The maximum Gasteiger partial charge on any atom is 0.330 e. The molecule has 4 heteroatoms. The Morgan fingerprint density at radius 3 is 1.50 bits per heavy atom. The van der Waals surface area contributed by atoms with E-state index in [1.807, 2.05) is 0 Å². The van der Waals surface area contributed by atoms with Gasteiger partial charge in [-0.1, -0.05) is 91.4 Å². The number of rotatable bonds is 19. The second kappa shape index (κ2) is 18.0. The van der Waals surface area contributed by atoms with Crippen LogP contribution in [-0.2, 0) is 13.6 Å². The highest BCUT2D eigenvalue weighted by atomic mass is 31.2. The van der Waals surface area contributed by atoms with Gasteiger partial charge in [-0.05, 0) is 19.3 Å². The van der Waals surface area contributed by atoms with Crippen molar-refractivity contribution in [1.82, 2.24) is 0 Å². The van der Waals surface area contributed by atoms with E-state index in [0.717, 1.165) is 32.1 Å². The number of hydrogen-bond donors (Lipinski definition) is 0. The van der Waals surface area contributed by atoms with Crippen molar-refractivity contribution in [2.45, 2.75) is 111 Å². The molecule has 146 valence electrons. The van der Waals surface area contributed by atoms with Crippen molar-refractivity contribution >= 4 is 7.60 Å². The first-order chi connectivity index (χ1) is 11.7. The molecule has 0 rings (SSSR count). The zero-order valence-electron chi connectivity index (χ0n) is 16.7. The van der Waals surface area contributed by atoms with E-state index in [1.165, 1.54) is 57.8 Å². The molecule has 0 saturated carbocycles. The van der Waals surface area contributed by atoms with Crippen LogP contribution in [0.4, 0.5) is 0 Å². The SMILES string of the molecule is CCCCCCCCOP(=O)(CCCCCCCC)OCCCC. The van der Waals surface area contributed by atoms with Crippen LogP contribution in [0.15, 0.2) is 0 Å². The molecular formula is C20H43O3P. The normalized spacial score (nSPS) is 14.0. The molecule has 0 aromatic carbocycles. The molecular weight excluding hydrogens is 319 g/mol. The Hall–Kier alpha value is 0.150. The predicted molar refractivity (Wildman–Crippen MR) is 106 cm³/mol. The minimum absolute atomic E-state index is 0.570. The highest BCUT2D eigenvalue weighted by Crippen LogP contribution is 2.49. The number of hydrogen-bond acceptors (Lipinski definition) is 3. The summed E-state index contributed by atoms with van der Waals surface area (Å²) in [5, 5.41) is 0. The van der Waals surface area contributed by atoms with Gasteiger partial charge in [0.05, 0.1) is 19.4 Å². The fourth-order valence-corrected chi connectivity index (χ4v) is 4.44. The fourth-order valence-electron chi connectivity index (χ4n) is 2.69. The lowest BCUT2D eigenvalue weighted by molar-refractivity contribution is 0.198. The Balaban J connectivity index is 3.93. The molecule has 0 aliphatic heterocycles. The summed E-state index contributed by atoms with van der Waals surface area (Å²) in [7, 11) is -2.87. The van der Waals surface area contributed by atoms with Gasteiger partial charge in [0, 0.05) is 0 Å². The van der Waals surface area contributed by atoms with Crippen LogP contribution in [0.3, 0.4) is 0 Å². The Morgan fingerprint density at radius 1 is 0.542 bits per heavy atom. The summed E-state index contributed by atoms with van der Waals surface area (Å²) in [6, 6.07) is 0. The summed E-state index contributed by atoms with van der Waals surface area (Å²) in [6.45, 7) is 7.74. The quantitative estimate of drug-likeness (QED) is 0.174. The van der Waals surface area contributed by atoms with Crippen molar-refractivity contribution in [3.63, 3.8) is 0 Å². The summed E-state index contributed by atoms with van der Waals surface area (Å²) in [6.07, 6.45) is 17.1. The standard InChI is InChI=1S/C20H43O3P/c1-4-7-10-12-14-16-19-23-24(21,22-18-9-6-3)20-17-15-13-11-8-5-2/h4-20H2,1-3H3. The largest absolute Gasteiger partial charge is 0.330 e. The second-order valence-electron chi connectivity index (χ2n) is 6.89. The van der Waals surface area contributed by atoms with Crippen molar-refractivity contribution in [1.29, 1.82) is 0 Å². The van der Waals surface area contributed by atoms with Crippen LogP contribution in [0.2, 0.25) is 0 Å². The minimum Gasteiger partial charge on any atom is -0.309 e. The molecule has 0 aliphatic rings. The first-order valence-electron chi connectivity index (χ1n) is 10.6. The van der Waals surface area contributed by atoms with Gasteiger partial charge < -0.3 is 9.05 Å². The lowest BCUT2D eigenvalue weighted by atomic mass is 10.1. The van der Waals surface area contributed by atoms with E-state index < -0.39 is 7.60 Å². The van der Waals surface area contributed by atoms with Crippen LogP contribution in [0.1, 0.15) is 111 Å². The maximum absolute atomic E-state index is 12.9. The molecule has 24 heavy (non-hydrogen) atoms. The van der Waals surface area contributed by atoms with E-state index in [2.05, 4.69) is 20.8 Å². The van der Waals surface area contributed by atoms with E-state index >= 15 is 0 Å². The Morgan fingerprint density at radius 2 is 0.958 bits per heavy atom. The molecule has 0 aromatic rings.